The van der Waals surface area contributed by atoms with E-state index < -0.39 is 0 Å². The minimum atomic E-state index is 0.424. The lowest BCUT2D eigenvalue weighted by Crippen LogP contribution is -2.32. The van der Waals surface area contributed by atoms with Crippen LogP contribution in [0.25, 0.3) is 0 Å². The Morgan fingerprint density at radius 3 is 1.93 bits per heavy atom. The molecule has 0 heterocycles. The molecule has 2 nitrogen and oxygen atoms in total. The maximum atomic E-state index is 5.70. The first-order valence-electron chi connectivity index (χ1n) is 10.4. The average molecular weight is 365 g/mol. The van der Waals surface area contributed by atoms with Gasteiger partial charge >= 0.3 is 0 Å². The number of hydrogen-bond acceptors (Lipinski definition) is 2. The zero-order valence-corrected chi connectivity index (χ0v) is 16.9. The quantitative estimate of drug-likeness (QED) is 0.617. The van der Waals surface area contributed by atoms with Gasteiger partial charge in [0, 0.05) is 18.5 Å². The Hall–Kier alpha value is -1.90. The predicted octanol–water partition coefficient (Wildman–Crippen LogP) is 5.60. The van der Waals surface area contributed by atoms with Crippen molar-refractivity contribution in [3.63, 3.8) is 0 Å². The molecule has 2 heteroatoms. The molecule has 1 fully saturated rings. The number of nitrogens with zero attached hydrogens (tertiary/aromatic N) is 1. The highest BCUT2D eigenvalue weighted by Gasteiger charge is 2.19. The third-order valence-electron chi connectivity index (χ3n) is 5.47. The lowest BCUT2D eigenvalue weighted by molar-refractivity contribution is 0.232. The topological polar surface area (TPSA) is 29.3 Å². The van der Waals surface area contributed by atoms with Crippen molar-refractivity contribution in [3.05, 3.63) is 84.4 Å². The zero-order valence-electron chi connectivity index (χ0n) is 16.9. The second-order valence-corrected chi connectivity index (χ2v) is 7.27. The highest BCUT2D eigenvalue weighted by atomic mass is 15.1. The van der Waals surface area contributed by atoms with Crippen molar-refractivity contribution in [2.24, 2.45) is 5.73 Å². The molecular weight excluding hydrogens is 328 g/mol. The minimum absolute atomic E-state index is 0.424. The maximum Gasteiger partial charge on any atom is 0.0163 e. The van der Waals surface area contributed by atoms with Crippen LogP contribution >= 0.6 is 0 Å². The monoisotopic (exact) mass is 364 g/mol. The summed E-state index contributed by atoms with van der Waals surface area (Å²) in [6, 6.07) is 22.0. The van der Waals surface area contributed by atoms with Gasteiger partial charge in [-0.2, -0.15) is 0 Å². The second-order valence-electron chi connectivity index (χ2n) is 7.27. The van der Waals surface area contributed by atoms with Gasteiger partial charge in [0.05, 0.1) is 0 Å². The summed E-state index contributed by atoms with van der Waals surface area (Å²) in [6.45, 7) is 8.98. The Morgan fingerprint density at radius 2 is 1.52 bits per heavy atom. The number of rotatable bonds is 8. The molecule has 146 valence electrons. The van der Waals surface area contributed by atoms with Crippen molar-refractivity contribution in [2.75, 3.05) is 19.6 Å². The molecule has 0 aliphatic heterocycles. The van der Waals surface area contributed by atoms with Crippen LogP contribution in [-0.4, -0.2) is 30.6 Å². The standard InChI is InChI=1S/C15H17N.C10H19N/c16-12-11-15(13-7-3-1-4-8-13)14-9-5-2-6-10-14;1-3-9-11(4-2)10-7-5-6-8-10/h1-10,15H,11-12,16H2;3,10H,1,4-9H2,2H3. The molecule has 27 heavy (non-hydrogen) atoms. The fraction of sp³-hybridized carbons (Fsp3) is 0.440. The van der Waals surface area contributed by atoms with Crippen molar-refractivity contribution in [3.8, 4) is 0 Å². The van der Waals surface area contributed by atoms with E-state index in [4.69, 9.17) is 5.73 Å². The van der Waals surface area contributed by atoms with Gasteiger partial charge in [-0.05, 0) is 43.5 Å². The summed E-state index contributed by atoms with van der Waals surface area (Å²) in [7, 11) is 0. The Balaban J connectivity index is 0.000000208. The van der Waals surface area contributed by atoms with E-state index in [1.54, 1.807) is 0 Å². The molecule has 2 aromatic rings. The molecule has 0 bridgehead atoms. The zero-order chi connectivity index (χ0) is 19.3. The van der Waals surface area contributed by atoms with Crippen molar-refractivity contribution >= 4 is 0 Å². The summed E-state index contributed by atoms with van der Waals surface area (Å²) < 4.78 is 0. The molecule has 1 aliphatic rings. The molecule has 2 aromatic carbocycles. The number of hydrogen-bond donors (Lipinski definition) is 1. The summed E-state index contributed by atoms with van der Waals surface area (Å²) in [6.07, 6.45) is 8.68. The smallest absolute Gasteiger partial charge is 0.0163 e. The van der Waals surface area contributed by atoms with Gasteiger partial charge in [-0.1, -0.05) is 86.5 Å². The van der Waals surface area contributed by atoms with Crippen LogP contribution in [0.5, 0.6) is 0 Å². The van der Waals surface area contributed by atoms with Gasteiger partial charge in [-0.25, -0.2) is 0 Å². The molecular formula is C25H36N2. The van der Waals surface area contributed by atoms with Crippen molar-refractivity contribution in [1.82, 2.24) is 4.90 Å². The minimum Gasteiger partial charge on any atom is -0.330 e. The normalized spacial score (nSPS) is 14.2. The van der Waals surface area contributed by atoms with Gasteiger partial charge in [0.1, 0.15) is 0 Å². The predicted molar refractivity (Wildman–Crippen MR) is 118 cm³/mol. The van der Waals surface area contributed by atoms with Crippen LogP contribution in [0.2, 0.25) is 0 Å². The van der Waals surface area contributed by atoms with E-state index in [2.05, 4.69) is 66.9 Å². The molecule has 0 amide bonds. The SMILES string of the molecule is C=CCN(CC)C1CCCC1.NCCC(c1ccccc1)c1ccccc1. The van der Waals surface area contributed by atoms with Crippen LogP contribution in [0.3, 0.4) is 0 Å². The van der Waals surface area contributed by atoms with E-state index in [1.165, 1.54) is 43.4 Å². The highest BCUT2D eigenvalue weighted by Crippen LogP contribution is 2.27. The fourth-order valence-electron chi connectivity index (χ4n) is 4.03. The summed E-state index contributed by atoms with van der Waals surface area (Å²) in [5.41, 5.74) is 8.40. The first-order valence-corrected chi connectivity index (χ1v) is 10.4. The molecule has 0 unspecified atom stereocenters. The first-order chi connectivity index (χ1) is 13.3. The molecule has 0 spiro atoms. The van der Waals surface area contributed by atoms with E-state index >= 15 is 0 Å². The van der Waals surface area contributed by atoms with E-state index in [0.717, 1.165) is 19.0 Å². The molecule has 0 atom stereocenters. The lowest BCUT2D eigenvalue weighted by Gasteiger charge is -2.25. The number of likely N-dealkylation sites (N-methyl/N-ethyl adjacent to an activating group) is 1. The van der Waals surface area contributed by atoms with Gasteiger partial charge in [0.2, 0.25) is 0 Å². The van der Waals surface area contributed by atoms with Crippen LogP contribution in [0.15, 0.2) is 73.3 Å². The van der Waals surface area contributed by atoms with Crippen molar-refractivity contribution in [1.29, 1.82) is 0 Å². The van der Waals surface area contributed by atoms with Gasteiger partial charge in [0.15, 0.2) is 0 Å². The summed E-state index contributed by atoms with van der Waals surface area (Å²) in [5.74, 6) is 0.424. The maximum absolute atomic E-state index is 5.70. The summed E-state index contributed by atoms with van der Waals surface area (Å²) in [5, 5.41) is 0. The number of nitrogens with two attached hydrogens (primary N) is 1. The third kappa shape index (κ3) is 6.97. The van der Waals surface area contributed by atoms with Crippen LogP contribution in [0.4, 0.5) is 0 Å². The number of benzene rings is 2. The van der Waals surface area contributed by atoms with Gasteiger partial charge < -0.3 is 5.73 Å². The molecule has 2 N–H and O–H groups in total. The van der Waals surface area contributed by atoms with Crippen LogP contribution in [-0.2, 0) is 0 Å². The van der Waals surface area contributed by atoms with E-state index in [-0.39, 0.29) is 0 Å². The van der Waals surface area contributed by atoms with Crippen molar-refractivity contribution < 1.29 is 0 Å². The largest absolute Gasteiger partial charge is 0.330 e. The molecule has 3 rings (SSSR count). The summed E-state index contributed by atoms with van der Waals surface area (Å²) in [4.78, 5) is 2.53. The van der Waals surface area contributed by atoms with Gasteiger partial charge in [-0.15, -0.1) is 6.58 Å². The van der Waals surface area contributed by atoms with E-state index in [9.17, 15) is 0 Å². The van der Waals surface area contributed by atoms with Gasteiger partial charge in [0.25, 0.3) is 0 Å². The van der Waals surface area contributed by atoms with Crippen molar-refractivity contribution in [2.45, 2.75) is 51.0 Å². The molecule has 1 saturated carbocycles. The van der Waals surface area contributed by atoms with Crippen LogP contribution in [0, 0.1) is 0 Å². The third-order valence-corrected chi connectivity index (χ3v) is 5.47. The summed E-state index contributed by atoms with van der Waals surface area (Å²) >= 11 is 0. The molecule has 0 radical (unpaired) electrons. The first kappa shape index (κ1) is 21.4. The molecule has 0 aromatic heterocycles. The molecule has 0 saturated heterocycles. The Bertz CT molecular complexity index is 578. The highest BCUT2D eigenvalue weighted by molar-refractivity contribution is 5.32. The average Bonchev–Trinajstić information content (AvgIpc) is 3.27. The molecule has 1 aliphatic carbocycles. The van der Waals surface area contributed by atoms with Crippen LogP contribution < -0.4 is 5.73 Å². The van der Waals surface area contributed by atoms with E-state index in [0.29, 0.717) is 12.5 Å². The Morgan fingerprint density at radius 1 is 1.00 bits per heavy atom. The van der Waals surface area contributed by atoms with E-state index in [1.807, 2.05) is 18.2 Å². The second kappa shape index (κ2) is 12.5. The van der Waals surface area contributed by atoms with Crippen LogP contribution in [0.1, 0.15) is 56.1 Å². The lowest BCUT2D eigenvalue weighted by atomic mass is 9.89. The Labute approximate surface area is 166 Å². The Kier molecular flexibility index (Phi) is 9.89. The van der Waals surface area contributed by atoms with Gasteiger partial charge in [-0.3, -0.25) is 4.90 Å². The fourth-order valence-corrected chi connectivity index (χ4v) is 4.03.